The number of carbonyl (C=O) groups excluding carboxylic acids is 4. The number of nitrogens with zero attached hydrogens (tertiary/aromatic N) is 1. The third-order valence-electron chi connectivity index (χ3n) is 7.66. The van der Waals surface area contributed by atoms with Gasteiger partial charge in [-0.3, -0.25) is 24.6 Å². The lowest BCUT2D eigenvalue weighted by molar-refractivity contribution is -0.141. The molecule has 1 aliphatic heterocycles. The van der Waals surface area contributed by atoms with Crippen molar-refractivity contribution in [1.82, 2.24) is 20.9 Å². The Morgan fingerprint density at radius 2 is 1.73 bits per heavy atom. The van der Waals surface area contributed by atoms with E-state index in [0.29, 0.717) is 50.3 Å². The molecule has 0 radical (unpaired) electrons. The molecule has 0 unspecified atom stereocenters. The summed E-state index contributed by atoms with van der Waals surface area (Å²) in [6.45, 7) is -0.559. The van der Waals surface area contributed by atoms with Crippen LogP contribution in [0.15, 0.2) is 28.7 Å². The zero-order valence-corrected chi connectivity index (χ0v) is 24.3. The molecule has 1 aromatic rings. The lowest BCUT2D eigenvalue weighted by Gasteiger charge is -2.32. The number of carbonyl (C=O) groups is 4. The van der Waals surface area contributed by atoms with Gasteiger partial charge in [-0.15, -0.1) is 0 Å². The zero-order chi connectivity index (χ0) is 29.1. The van der Waals surface area contributed by atoms with Crippen LogP contribution >= 0.6 is 15.9 Å². The fourth-order valence-electron chi connectivity index (χ4n) is 5.53. The Balaban J connectivity index is 1.71. The van der Waals surface area contributed by atoms with Crippen molar-refractivity contribution in [2.24, 2.45) is 11.7 Å². The third-order valence-corrected chi connectivity index (χ3v) is 8.19. The van der Waals surface area contributed by atoms with Crippen LogP contribution in [0.2, 0.25) is 0 Å². The van der Waals surface area contributed by atoms with Crippen molar-refractivity contribution in [2.75, 3.05) is 19.8 Å². The Bertz CT molecular complexity index is 1050. The van der Waals surface area contributed by atoms with Crippen LogP contribution in [0.5, 0.6) is 0 Å². The number of amides is 3. The number of guanidine groups is 1. The summed E-state index contributed by atoms with van der Waals surface area (Å²) in [6, 6.07) is 4.25. The van der Waals surface area contributed by atoms with Gasteiger partial charge in [0.05, 0.1) is 6.04 Å². The van der Waals surface area contributed by atoms with Crippen molar-refractivity contribution in [2.45, 2.75) is 82.3 Å². The first kappa shape index (κ1) is 31.5. The number of benzene rings is 1. The number of hydrogen-bond acceptors (Lipinski definition) is 5. The number of likely N-dealkylation sites (tertiary alicyclic amines) is 1. The maximum absolute atomic E-state index is 13.9. The average Bonchev–Trinajstić information content (AvgIpc) is 3.44. The first-order valence-electron chi connectivity index (χ1n) is 14.0. The maximum Gasteiger partial charge on any atom is 0.251 e. The van der Waals surface area contributed by atoms with Gasteiger partial charge >= 0.3 is 0 Å². The molecular formula is C28H40BrFN6O4. The van der Waals surface area contributed by atoms with Gasteiger partial charge in [-0.1, -0.05) is 48.0 Å². The van der Waals surface area contributed by atoms with E-state index in [2.05, 4.69) is 31.9 Å². The summed E-state index contributed by atoms with van der Waals surface area (Å²) >= 11 is 3.36. The van der Waals surface area contributed by atoms with Crippen LogP contribution < -0.4 is 21.7 Å². The van der Waals surface area contributed by atoms with E-state index >= 15 is 0 Å². The number of nitrogens with two attached hydrogens (primary N) is 1. The van der Waals surface area contributed by atoms with Gasteiger partial charge in [0.2, 0.25) is 11.8 Å². The van der Waals surface area contributed by atoms with Gasteiger partial charge in [0.1, 0.15) is 18.8 Å². The second-order valence-corrected chi connectivity index (χ2v) is 11.5. The van der Waals surface area contributed by atoms with Crippen molar-refractivity contribution >= 4 is 45.4 Å². The predicted octanol–water partition coefficient (Wildman–Crippen LogP) is 2.80. The number of rotatable bonds is 13. The van der Waals surface area contributed by atoms with Crippen LogP contribution in [0.25, 0.3) is 0 Å². The first-order valence-corrected chi connectivity index (χ1v) is 14.8. The molecule has 0 bridgehead atoms. The van der Waals surface area contributed by atoms with Crippen LogP contribution in [-0.4, -0.2) is 72.3 Å². The minimum absolute atomic E-state index is 0.170. The van der Waals surface area contributed by atoms with E-state index in [-0.39, 0.29) is 24.2 Å². The highest BCUT2D eigenvalue weighted by Gasteiger charge is 2.39. The van der Waals surface area contributed by atoms with Crippen LogP contribution in [-0.2, 0) is 14.4 Å². The molecule has 1 saturated carbocycles. The molecule has 3 atom stereocenters. The zero-order valence-electron chi connectivity index (χ0n) is 22.7. The second kappa shape index (κ2) is 15.7. The fourth-order valence-corrected chi connectivity index (χ4v) is 5.79. The molecule has 0 aromatic heterocycles. The van der Waals surface area contributed by atoms with Crippen LogP contribution in [0.1, 0.15) is 74.6 Å². The number of ketones is 1. The van der Waals surface area contributed by atoms with E-state index in [1.807, 2.05) is 0 Å². The molecule has 1 heterocycles. The highest BCUT2D eigenvalue weighted by atomic mass is 79.9. The van der Waals surface area contributed by atoms with E-state index in [0.717, 1.165) is 36.6 Å². The highest BCUT2D eigenvalue weighted by molar-refractivity contribution is 9.10. The predicted molar refractivity (Wildman–Crippen MR) is 153 cm³/mol. The molecule has 0 spiro atoms. The lowest BCUT2D eigenvalue weighted by atomic mass is 9.84. The van der Waals surface area contributed by atoms with Crippen LogP contribution in [0, 0.1) is 11.3 Å². The Kier molecular flexibility index (Phi) is 12.4. The molecule has 12 heteroatoms. The van der Waals surface area contributed by atoms with E-state index in [9.17, 15) is 23.6 Å². The average molecular weight is 624 g/mol. The Labute approximate surface area is 243 Å². The van der Waals surface area contributed by atoms with Crippen molar-refractivity contribution in [3.8, 4) is 0 Å². The topological polar surface area (TPSA) is 157 Å². The summed E-state index contributed by atoms with van der Waals surface area (Å²) in [5.74, 6) is -1.83. The summed E-state index contributed by atoms with van der Waals surface area (Å²) in [6.07, 6.45) is 7.40. The molecule has 10 nitrogen and oxygen atoms in total. The summed E-state index contributed by atoms with van der Waals surface area (Å²) in [5.41, 5.74) is 5.70. The quantitative estimate of drug-likeness (QED) is 0.129. The SMILES string of the molecule is N=C(N)NCCC[C@H](NC(=O)[C@@H]1CCCN1C(=O)[C@H](CC1CCCCC1)NC(=O)c1ccc(Br)cc1)C(=O)CF. The fraction of sp³-hybridized carbons (Fsp3) is 0.607. The van der Waals surface area contributed by atoms with Gasteiger partial charge < -0.3 is 26.6 Å². The van der Waals surface area contributed by atoms with Crippen LogP contribution in [0.3, 0.4) is 0 Å². The number of hydrogen-bond donors (Lipinski definition) is 5. The normalized spacial score (nSPS) is 18.9. The number of Topliss-reactive ketones (excluding diaryl/α,β-unsaturated/α-hetero) is 1. The van der Waals surface area contributed by atoms with E-state index in [4.69, 9.17) is 11.1 Å². The molecule has 2 aliphatic rings. The van der Waals surface area contributed by atoms with E-state index in [1.54, 1.807) is 24.3 Å². The van der Waals surface area contributed by atoms with Gasteiger partial charge in [-0.25, -0.2) is 4.39 Å². The highest BCUT2D eigenvalue weighted by Crippen LogP contribution is 2.29. The first-order chi connectivity index (χ1) is 19.2. The molecule has 2 fully saturated rings. The van der Waals surface area contributed by atoms with Gasteiger partial charge in [0.15, 0.2) is 11.7 Å². The Morgan fingerprint density at radius 3 is 2.38 bits per heavy atom. The van der Waals surface area contributed by atoms with Gasteiger partial charge in [0, 0.05) is 23.1 Å². The molecule has 6 N–H and O–H groups in total. The largest absolute Gasteiger partial charge is 0.370 e. The summed E-state index contributed by atoms with van der Waals surface area (Å²) in [4.78, 5) is 53.9. The minimum Gasteiger partial charge on any atom is -0.370 e. The number of halogens is 2. The van der Waals surface area contributed by atoms with Gasteiger partial charge in [0.25, 0.3) is 5.91 Å². The molecule has 3 rings (SSSR count). The summed E-state index contributed by atoms with van der Waals surface area (Å²) < 4.78 is 14.1. The van der Waals surface area contributed by atoms with Gasteiger partial charge in [-0.2, -0.15) is 0 Å². The summed E-state index contributed by atoms with van der Waals surface area (Å²) in [5, 5.41) is 15.4. The standard InChI is InChI=1S/C28H40BrFN6O4/c29-20-12-10-19(11-13-20)25(38)35-22(16-18-6-2-1-3-7-18)27(40)36-15-5-9-23(36)26(39)34-21(24(37)17-30)8-4-14-33-28(31)32/h10-13,18,21-23H,1-9,14-17H2,(H,34,39)(H,35,38)(H4,31,32,33)/t21-,22-,23-/m0/s1. The molecule has 1 aromatic carbocycles. The van der Waals surface area contributed by atoms with Crippen molar-refractivity contribution in [3.05, 3.63) is 34.3 Å². The van der Waals surface area contributed by atoms with Crippen molar-refractivity contribution < 1.29 is 23.6 Å². The van der Waals surface area contributed by atoms with E-state index < -0.39 is 36.5 Å². The van der Waals surface area contributed by atoms with Crippen molar-refractivity contribution in [3.63, 3.8) is 0 Å². The molecule has 220 valence electrons. The van der Waals surface area contributed by atoms with Gasteiger partial charge in [-0.05, 0) is 62.3 Å². The minimum atomic E-state index is -1.22. The second-order valence-electron chi connectivity index (χ2n) is 10.6. The molecular weight excluding hydrogens is 583 g/mol. The Hall–Kier alpha value is -3.02. The maximum atomic E-state index is 13.9. The molecule has 3 amide bonds. The van der Waals surface area contributed by atoms with E-state index in [1.165, 1.54) is 4.90 Å². The third kappa shape index (κ3) is 9.28. The van der Waals surface area contributed by atoms with Crippen molar-refractivity contribution in [1.29, 1.82) is 5.41 Å². The number of alkyl halides is 1. The summed E-state index contributed by atoms with van der Waals surface area (Å²) in [7, 11) is 0. The molecule has 1 saturated heterocycles. The number of nitrogens with one attached hydrogen (secondary N) is 4. The monoisotopic (exact) mass is 622 g/mol. The molecule has 40 heavy (non-hydrogen) atoms. The lowest BCUT2D eigenvalue weighted by Crippen LogP contribution is -2.55. The molecule has 1 aliphatic carbocycles. The Morgan fingerprint density at radius 1 is 1.02 bits per heavy atom. The smallest absolute Gasteiger partial charge is 0.251 e. The van der Waals surface area contributed by atoms with Crippen LogP contribution in [0.4, 0.5) is 4.39 Å².